The zero-order valence-electron chi connectivity index (χ0n) is 11.3. The maximum Gasteiger partial charge on any atom is 0.257 e. The first kappa shape index (κ1) is 15.8. The number of carbonyl (C=O) groups excluding carboxylic acids is 1. The van der Waals surface area contributed by atoms with Crippen molar-refractivity contribution in [2.75, 3.05) is 18.8 Å². The van der Waals surface area contributed by atoms with Crippen molar-refractivity contribution in [2.45, 2.75) is 32.6 Å². The molecule has 2 N–H and O–H groups in total. The number of nitrogen functional groups attached to an aromatic ring is 1. The molecule has 0 bridgehead atoms. The van der Waals surface area contributed by atoms with Crippen LogP contribution >= 0.6 is 12.4 Å². The van der Waals surface area contributed by atoms with Crippen LogP contribution in [0.15, 0.2) is 18.5 Å². The molecule has 1 fully saturated rings. The average molecular weight is 284 g/mol. The van der Waals surface area contributed by atoms with Crippen molar-refractivity contribution >= 4 is 24.0 Å². The maximum atomic E-state index is 12.4. The van der Waals surface area contributed by atoms with Gasteiger partial charge in [-0.05, 0) is 31.2 Å². The Bertz CT molecular complexity index is 425. The summed E-state index contributed by atoms with van der Waals surface area (Å²) in [5, 5.41) is 0. The number of anilines is 1. The summed E-state index contributed by atoms with van der Waals surface area (Å²) in [5.74, 6) is 0.784. The van der Waals surface area contributed by atoms with Crippen LogP contribution in [0.2, 0.25) is 0 Å². The molecule has 5 heteroatoms. The van der Waals surface area contributed by atoms with Crippen LogP contribution in [-0.2, 0) is 0 Å². The van der Waals surface area contributed by atoms with E-state index in [1.807, 2.05) is 4.90 Å². The molecule has 1 amide bonds. The number of pyridine rings is 1. The highest BCUT2D eigenvalue weighted by Gasteiger charge is 2.22. The Kier molecular flexibility index (Phi) is 6.09. The Morgan fingerprint density at radius 2 is 2.26 bits per heavy atom. The van der Waals surface area contributed by atoms with Gasteiger partial charge in [0.2, 0.25) is 0 Å². The smallest absolute Gasteiger partial charge is 0.257 e. The molecule has 1 aromatic rings. The third-order valence-electron chi connectivity index (χ3n) is 3.80. The van der Waals surface area contributed by atoms with Gasteiger partial charge < -0.3 is 10.6 Å². The molecule has 19 heavy (non-hydrogen) atoms. The van der Waals surface area contributed by atoms with Gasteiger partial charge in [-0.2, -0.15) is 0 Å². The Labute approximate surface area is 120 Å². The summed E-state index contributed by atoms with van der Waals surface area (Å²) in [5.41, 5.74) is 6.89. The Morgan fingerprint density at radius 3 is 2.95 bits per heavy atom. The molecule has 0 aromatic carbocycles. The van der Waals surface area contributed by atoms with E-state index in [-0.39, 0.29) is 18.3 Å². The minimum Gasteiger partial charge on any atom is -0.398 e. The zero-order chi connectivity index (χ0) is 13.0. The standard InChI is InChI=1S/C14H21N3O.ClH/c1-2-11-4-3-8-17(9-6-11)14(18)12-10-16-7-5-13(12)15;/h5,7,10-11H,2-4,6,8-9H2,1H3,(H2,15,16);1H. The van der Waals surface area contributed by atoms with Gasteiger partial charge in [-0.15, -0.1) is 12.4 Å². The van der Waals surface area contributed by atoms with Crippen molar-refractivity contribution in [2.24, 2.45) is 5.92 Å². The maximum absolute atomic E-state index is 12.4. The van der Waals surface area contributed by atoms with Gasteiger partial charge in [0.15, 0.2) is 0 Å². The van der Waals surface area contributed by atoms with Gasteiger partial charge in [0.05, 0.1) is 5.56 Å². The Balaban J connectivity index is 0.00000180. The second-order valence-electron chi connectivity index (χ2n) is 4.96. The van der Waals surface area contributed by atoms with E-state index < -0.39 is 0 Å². The summed E-state index contributed by atoms with van der Waals surface area (Å²) in [6.07, 6.45) is 7.80. The molecular formula is C14H22ClN3O. The van der Waals surface area contributed by atoms with E-state index in [1.54, 1.807) is 18.5 Å². The van der Waals surface area contributed by atoms with Crippen molar-refractivity contribution in [1.82, 2.24) is 9.88 Å². The van der Waals surface area contributed by atoms with E-state index in [2.05, 4.69) is 11.9 Å². The van der Waals surface area contributed by atoms with Crippen LogP contribution in [0.1, 0.15) is 43.0 Å². The van der Waals surface area contributed by atoms with Gasteiger partial charge >= 0.3 is 0 Å². The van der Waals surface area contributed by atoms with Gasteiger partial charge in [-0.3, -0.25) is 9.78 Å². The molecule has 0 spiro atoms. The number of hydrogen-bond donors (Lipinski definition) is 1. The molecule has 1 unspecified atom stereocenters. The van der Waals surface area contributed by atoms with Gasteiger partial charge in [0.25, 0.3) is 5.91 Å². The highest BCUT2D eigenvalue weighted by molar-refractivity contribution is 5.98. The summed E-state index contributed by atoms with van der Waals surface area (Å²) in [4.78, 5) is 18.3. The van der Waals surface area contributed by atoms with Crippen LogP contribution in [-0.4, -0.2) is 28.9 Å². The lowest BCUT2D eigenvalue weighted by atomic mass is 9.98. The van der Waals surface area contributed by atoms with Crippen LogP contribution < -0.4 is 5.73 Å². The first-order valence-corrected chi connectivity index (χ1v) is 6.71. The molecule has 1 saturated heterocycles. The van der Waals surface area contributed by atoms with E-state index in [1.165, 1.54) is 12.8 Å². The van der Waals surface area contributed by atoms with E-state index in [4.69, 9.17) is 5.73 Å². The molecule has 1 aromatic heterocycles. The van der Waals surface area contributed by atoms with Crippen LogP contribution in [0.5, 0.6) is 0 Å². The molecule has 0 saturated carbocycles. The minimum atomic E-state index is 0. The molecule has 1 atom stereocenters. The first-order chi connectivity index (χ1) is 8.72. The fraction of sp³-hybridized carbons (Fsp3) is 0.571. The number of nitrogens with two attached hydrogens (primary N) is 1. The molecule has 2 heterocycles. The number of halogens is 1. The molecule has 1 aliphatic heterocycles. The molecule has 106 valence electrons. The number of amides is 1. The SMILES string of the molecule is CCC1CCCN(C(=O)c2cnccc2N)CC1.Cl. The summed E-state index contributed by atoms with van der Waals surface area (Å²) in [6, 6.07) is 1.68. The number of hydrogen-bond acceptors (Lipinski definition) is 3. The van der Waals surface area contributed by atoms with Gasteiger partial charge in [-0.1, -0.05) is 13.3 Å². The van der Waals surface area contributed by atoms with Gasteiger partial charge in [-0.25, -0.2) is 0 Å². The fourth-order valence-corrected chi connectivity index (χ4v) is 2.53. The second kappa shape index (κ2) is 7.34. The van der Waals surface area contributed by atoms with Gasteiger partial charge in [0.1, 0.15) is 0 Å². The molecule has 0 radical (unpaired) electrons. The van der Waals surface area contributed by atoms with Crippen LogP contribution in [0.3, 0.4) is 0 Å². The average Bonchev–Trinajstić information content (AvgIpc) is 2.63. The van der Waals surface area contributed by atoms with E-state index in [9.17, 15) is 4.79 Å². The lowest BCUT2D eigenvalue weighted by molar-refractivity contribution is 0.0760. The van der Waals surface area contributed by atoms with Crippen molar-refractivity contribution in [3.05, 3.63) is 24.0 Å². The molecule has 0 aliphatic carbocycles. The summed E-state index contributed by atoms with van der Waals surface area (Å²) >= 11 is 0. The van der Waals surface area contributed by atoms with Crippen LogP contribution in [0, 0.1) is 5.92 Å². The normalized spacial score (nSPS) is 19.4. The van der Waals surface area contributed by atoms with Crippen molar-refractivity contribution in [1.29, 1.82) is 0 Å². The third-order valence-corrected chi connectivity index (χ3v) is 3.80. The number of likely N-dealkylation sites (tertiary alicyclic amines) is 1. The molecule has 4 nitrogen and oxygen atoms in total. The number of carbonyl (C=O) groups is 1. The fourth-order valence-electron chi connectivity index (χ4n) is 2.53. The number of nitrogens with zero attached hydrogens (tertiary/aromatic N) is 2. The molecule has 1 aliphatic rings. The van der Waals surface area contributed by atoms with Crippen LogP contribution in [0.25, 0.3) is 0 Å². The predicted octanol–water partition coefficient (Wildman–Crippen LogP) is 2.74. The quantitative estimate of drug-likeness (QED) is 0.908. The Morgan fingerprint density at radius 1 is 1.47 bits per heavy atom. The lowest BCUT2D eigenvalue weighted by Crippen LogP contribution is -2.32. The summed E-state index contributed by atoms with van der Waals surface area (Å²) in [6.45, 7) is 3.90. The summed E-state index contributed by atoms with van der Waals surface area (Å²) < 4.78 is 0. The lowest BCUT2D eigenvalue weighted by Gasteiger charge is -2.21. The Hall–Kier alpha value is -1.29. The highest BCUT2D eigenvalue weighted by atomic mass is 35.5. The topological polar surface area (TPSA) is 59.2 Å². The van der Waals surface area contributed by atoms with Crippen molar-refractivity contribution in [3.8, 4) is 0 Å². The van der Waals surface area contributed by atoms with E-state index in [0.29, 0.717) is 11.3 Å². The van der Waals surface area contributed by atoms with E-state index >= 15 is 0 Å². The zero-order valence-corrected chi connectivity index (χ0v) is 12.2. The monoisotopic (exact) mass is 283 g/mol. The minimum absolute atomic E-state index is 0. The first-order valence-electron chi connectivity index (χ1n) is 6.71. The molecular weight excluding hydrogens is 262 g/mol. The predicted molar refractivity (Wildman–Crippen MR) is 79.4 cm³/mol. The largest absolute Gasteiger partial charge is 0.398 e. The third kappa shape index (κ3) is 3.83. The number of aromatic nitrogens is 1. The van der Waals surface area contributed by atoms with Gasteiger partial charge in [0, 0.05) is 31.2 Å². The summed E-state index contributed by atoms with van der Waals surface area (Å²) in [7, 11) is 0. The van der Waals surface area contributed by atoms with Crippen molar-refractivity contribution in [3.63, 3.8) is 0 Å². The number of rotatable bonds is 2. The van der Waals surface area contributed by atoms with E-state index in [0.717, 1.165) is 31.8 Å². The van der Waals surface area contributed by atoms with Crippen LogP contribution in [0.4, 0.5) is 5.69 Å². The highest BCUT2D eigenvalue weighted by Crippen LogP contribution is 2.22. The molecule has 2 rings (SSSR count). The van der Waals surface area contributed by atoms with Crippen molar-refractivity contribution < 1.29 is 4.79 Å². The second-order valence-corrected chi connectivity index (χ2v) is 4.96.